The summed E-state index contributed by atoms with van der Waals surface area (Å²) < 4.78 is 16.8. The monoisotopic (exact) mass is 291 g/mol. The van der Waals surface area contributed by atoms with Crippen LogP contribution < -0.4 is 14.8 Å². The Bertz CT molecular complexity index is 457. The van der Waals surface area contributed by atoms with Crippen LogP contribution in [0.3, 0.4) is 0 Å². The van der Waals surface area contributed by atoms with E-state index in [-0.39, 0.29) is 0 Å². The summed E-state index contributed by atoms with van der Waals surface area (Å²) in [5, 5.41) is 3.66. The molecule has 2 aliphatic heterocycles. The Balaban J connectivity index is 1.56. The molecule has 0 spiro atoms. The highest BCUT2D eigenvalue weighted by Crippen LogP contribution is 2.34. The summed E-state index contributed by atoms with van der Waals surface area (Å²) in [4.78, 5) is 0. The molecule has 4 heteroatoms. The first kappa shape index (κ1) is 14.7. The first-order valence-electron chi connectivity index (χ1n) is 8.02. The van der Waals surface area contributed by atoms with Crippen LogP contribution in [0.5, 0.6) is 11.5 Å². The van der Waals surface area contributed by atoms with E-state index >= 15 is 0 Å². The van der Waals surface area contributed by atoms with E-state index in [0.29, 0.717) is 12.1 Å². The number of ether oxygens (including phenoxy) is 3. The molecule has 2 unspecified atom stereocenters. The molecule has 21 heavy (non-hydrogen) atoms. The van der Waals surface area contributed by atoms with E-state index in [2.05, 4.69) is 11.4 Å². The van der Waals surface area contributed by atoms with Crippen LogP contribution in [0.15, 0.2) is 18.2 Å². The van der Waals surface area contributed by atoms with Crippen LogP contribution in [0, 0.1) is 0 Å². The number of hydrogen-bond acceptors (Lipinski definition) is 4. The van der Waals surface area contributed by atoms with Gasteiger partial charge in [-0.1, -0.05) is 0 Å². The van der Waals surface area contributed by atoms with E-state index in [1.54, 1.807) is 7.11 Å². The minimum atomic E-state index is 0.354. The van der Waals surface area contributed by atoms with Gasteiger partial charge in [0.15, 0.2) is 0 Å². The maximum absolute atomic E-state index is 5.79. The average Bonchev–Trinajstić information content (AvgIpc) is 2.55. The van der Waals surface area contributed by atoms with E-state index in [9.17, 15) is 0 Å². The molecule has 1 fully saturated rings. The summed E-state index contributed by atoms with van der Waals surface area (Å²) in [5.74, 6) is 1.87. The largest absolute Gasteiger partial charge is 0.497 e. The molecule has 1 saturated heterocycles. The predicted octanol–water partition coefficient (Wildman–Crippen LogP) is 3.07. The summed E-state index contributed by atoms with van der Waals surface area (Å²) >= 11 is 0. The SMILES string of the molecule is COc1ccc2c(c1)C(NCCC1CCCCO1)CCO2. The molecule has 0 amide bonds. The number of fused-ring (bicyclic) bond motifs is 1. The van der Waals surface area contributed by atoms with Crippen molar-refractivity contribution in [3.05, 3.63) is 23.8 Å². The molecule has 3 rings (SSSR count). The summed E-state index contributed by atoms with van der Waals surface area (Å²) in [6.45, 7) is 2.70. The Morgan fingerprint density at radius 3 is 3.00 bits per heavy atom. The summed E-state index contributed by atoms with van der Waals surface area (Å²) in [5.41, 5.74) is 1.21. The van der Waals surface area contributed by atoms with Crippen molar-refractivity contribution < 1.29 is 14.2 Å². The number of methoxy groups -OCH3 is 1. The van der Waals surface area contributed by atoms with Gasteiger partial charge in [0.2, 0.25) is 0 Å². The highest BCUT2D eigenvalue weighted by molar-refractivity contribution is 5.43. The van der Waals surface area contributed by atoms with Crippen LogP contribution >= 0.6 is 0 Å². The Morgan fingerprint density at radius 2 is 2.19 bits per heavy atom. The lowest BCUT2D eigenvalue weighted by molar-refractivity contribution is 0.0110. The van der Waals surface area contributed by atoms with Gasteiger partial charge in [0, 0.05) is 24.6 Å². The van der Waals surface area contributed by atoms with Gasteiger partial charge in [-0.2, -0.15) is 0 Å². The molecule has 0 saturated carbocycles. The quantitative estimate of drug-likeness (QED) is 0.905. The Hall–Kier alpha value is -1.26. The van der Waals surface area contributed by atoms with Gasteiger partial charge >= 0.3 is 0 Å². The van der Waals surface area contributed by atoms with Crippen molar-refractivity contribution in [3.8, 4) is 11.5 Å². The fourth-order valence-electron chi connectivity index (χ4n) is 3.17. The van der Waals surface area contributed by atoms with Crippen molar-refractivity contribution in [2.75, 3.05) is 26.9 Å². The van der Waals surface area contributed by atoms with E-state index in [4.69, 9.17) is 14.2 Å². The molecule has 0 aromatic heterocycles. The lowest BCUT2D eigenvalue weighted by Gasteiger charge is -2.28. The second kappa shape index (κ2) is 7.14. The van der Waals surface area contributed by atoms with Crippen LogP contribution in [0.4, 0.5) is 0 Å². The van der Waals surface area contributed by atoms with E-state index in [1.807, 2.05) is 12.1 Å². The van der Waals surface area contributed by atoms with Crippen molar-refractivity contribution >= 4 is 0 Å². The van der Waals surface area contributed by atoms with Crippen LogP contribution in [-0.2, 0) is 4.74 Å². The molecular weight excluding hydrogens is 266 g/mol. The van der Waals surface area contributed by atoms with E-state index in [0.717, 1.165) is 44.1 Å². The molecule has 4 nitrogen and oxygen atoms in total. The van der Waals surface area contributed by atoms with Gasteiger partial charge in [-0.3, -0.25) is 0 Å². The van der Waals surface area contributed by atoms with Gasteiger partial charge in [-0.25, -0.2) is 0 Å². The van der Waals surface area contributed by atoms with Crippen molar-refractivity contribution in [1.82, 2.24) is 5.32 Å². The summed E-state index contributed by atoms with van der Waals surface area (Å²) in [7, 11) is 1.70. The molecule has 0 aliphatic carbocycles. The molecule has 0 radical (unpaired) electrons. The zero-order chi connectivity index (χ0) is 14.5. The minimum Gasteiger partial charge on any atom is -0.497 e. The fourth-order valence-corrected chi connectivity index (χ4v) is 3.17. The van der Waals surface area contributed by atoms with Gasteiger partial charge in [0.05, 0.1) is 19.8 Å². The topological polar surface area (TPSA) is 39.7 Å². The summed E-state index contributed by atoms with van der Waals surface area (Å²) in [6, 6.07) is 6.40. The molecule has 1 N–H and O–H groups in total. The van der Waals surface area contributed by atoms with Gasteiger partial charge in [-0.05, 0) is 50.4 Å². The maximum Gasteiger partial charge on any atom is 0.124 e. The van der Waals surface area contributed by atoms with Crippen LogP contribution in [0.25, 0.3) is 0 Å². The third-order valence-corrected chi connectivity index (χ3v) is 4.39. The third kappa shape index (κ3) is 3.69. The zero-order valence-electron chi connectivity index (χ0n) is 12.8. The van der Waals surface area contributed by atoms with Crippen molar-refractivity contribution in [1.29, 1.82) is 0 Å². The Labute approximate surface area is 126 Å². The van der Waals surface area contributed by atoms with Crippen LogP contribution in [-0.4, -0.2) is 33.0 Å². The normalized spacial score (nSPS) is 25.0. The third-order valence-electron chi connectivity index (χ3n) is 4.39. The molecular formula is C17H25NO3. The highest BCUT2D eigenvalue weighted by atomic mass is 16.5. The fraction of sp³-hybridized carbons (Fsp3) is 0.647. The maximum atomic E-state index is 5.79. The standard InChI is InChI=1S/C17H25NO3/c1-19-14-5-6-17-15(12-14)16(8-11-21-17)18-9-7-13-4-2-3-10-20-13/h5-6,12-13,16,18H,2-4,7-11H2,1H3. The molecule has 1 aromatic carbocycles. The van der Waals surface area contributed by atoms with Crippen LogP contribution in [0.2, 0.25) is 0 Å². The average molecular weight is 291 g/mol. The van der Waals surface area contributed by atoms with Crippen LogP contribution in [0.1, 0.15) is 43.7 Å². The lowest BCUT2D eigenvalue weighted by Crippen LogP contribution is -2.31. The van der Waals surface area contributed by atoms with Crippen molar-refractivity contribution in [3.63, 3.8) is 0 Å². The smallest absolute Gasteiger partial charge is 0.124 e. The molecule has 2 atom stereocenters. The number of nitrogens with one attached hydrogen (secondary N) is 1. The number of benzene rings is 1. The first-order chi connectivity index (χ1) is 10.4. The van der Waals surface area contributed by atoms with Gasteiger partial charge in [-0.15, -0.1) is 0 Å². The van der Waals surface area contributed by atoms with Crippen molar-refractivity contribution in [2.24, 2.45) is 0 Å². The minimum absolute atomic E-state index is 0.354. The van der Waals surface area contributed by atoms with Crippen molar-refractivity contribution in [2.45, 2.75) is 44.2 Å². The summed E-state index contributed by atoms with van der Waals surface area (Å²) in [6.07, 6.45) is 6.28. The highest BCUT2D eigenvalue weighted by Gasteiger charge is 2.22. The second-order valence-corrected chi connectivity index (χ2v) is 5.82. The Morgan fingerprint density at radius 1 is 1.24 bits per heavy atom. The predicted molar refractivity (Wildman–Crippen MR) is 82.1 cm³/mol. The number of hydrogen-bond donors (Lipinski definition) is 1. The first-order valence-corrected chi connectivity index (χ1v) is 8.02. The van der Waals surface area contributed by atoms with Gasteiger partial charge in [0.25, 0.3) is 0 Å². The Kier molecular flexibility index (Phi) is 4.99. The molecule has 0 bridgehead atoms. The molecule has 2 aliphatic rings. The van der Waals surface area contributed by atoms with Gasteiger partial charge < -0.3 is 19.5 Å². The molecule has 2 heterocycles. The molecule has 116 valence electrons. The van der Waals surface area contributed by atoms with E-state index in [1.165, 1.54) is 24.8 Å². The second-order valence-electron chi connectivity index (χ2n) is 5.82. The van der Waals surface area contributed by atoms with E-state index < -0.39 is 0 Å². The zero-order valence-corrected chi connectivity index (χ0v) is 12.8. The number of rotatable bonds is 5. The molecule has 1 aromatic rings. The van der Waals surface area contributed by atoms with Gasteiger partial charge in [0.1, 0.15) is 11.5 Å². The lowest BCUT2D eigenvalue weighted by atomic mass is 9.99.